The van der Waals surface area contributed by atoms with Crippen LogP contribution in [0.25, 0.3) is 0 Å². The number of carbonyl (C=O) groups is 1. The maximum atomic E-state index is 13.4. The largest absolute Gasteiger partial charge is 0.320 e. The monoisotopic (exact) mass is 283 g/mol. The van der Waals surface area contributed by atoms with E-state index in [4.69, 9.17) is 0 Å². The smallest absolute Gasteiger partial charge is 0.238 e. The number of nitrogens with one attached hydrogen (secondary N) is 2. The van der Waals surface area contributed by atoms with Gasteiger partial charge in [-0.1, -0.05) is 6.07 Å². The van der Waals surface area contributed by atoms with Crippen molar-refractivity contribution in [1.82, 2.24) is 10.2 Å². The van der Waals surface area contributed by atoms with Crippen molar-refractivity contribution in [3.8, 4) is 0 Å². The Morgan fingerprint density at radius 3 is 2.55 bits per heavy atom. The lowest BCUT2D eigenvalue weighted by Gasteiger charge is -2.31. The van der Waals surface area contributed by atoms with Crippen molar-refractivity contribution in [3.63, 3.8) is 0 Å². The van der Waals surface area contributed by atoms with Gasteiger partial charge in [-0.05, 0) is 45.1 Å². The van der Waals surface area contributed by atoms with Gasteiger partial charge in [0.1, 0.15) is 17.3 Å². The first-order valence-corrected chi connectivity index (χ1v) is 6.72. The molecule has 1 aromatic carbocycles. The molecule has 2 N–H and O–H groups in total. The van der Waals surface area contributed by atoms with E-state index in [0.29, 0.717) is 6.04 Å². The van der Waals surface area contributed by atoms with Gasteiger partial charge in [-0.3, -0.25) is 9.69 Å². The minimum atomic E-state index is -0.761. The van der Waals surface area contributed by atoms with Crippen molar-refractivity contribution < 1.29 is 13.6 Å². The third kappa shape index (κ3) is 3.74. The number of piperidine rings is 1. The van der Waals surface area contributed by atoms with Crippen LogP contribution in [0.4, 0.5) is 14.5 Å². The maximum absolute atomic E-state index is 13.4. The number of hydrogen-bond donors (Lipinski definition) is 2. The fourth-order valence-corrected chi connectivity index (χ4v) is 2.40. The van der Waals surface area contributed by atoms with Crippen LogP contribution in [-0.2, 0) is 4.79 Å². The van der Waals surface area contributed by atoms with Crippen LogP contribution >= 0.6 is 0 Å². The van der Waals surface area contributed by atoms with Crippen LogP contribution in [-0.4, -0.2) is 43.5 Å². The molecule has 1 aliphatic rings. The van der Waals surface area contributed by atoms with E-state index in [1.165, 1.54) is 6.07 Å². The molecule has 0 saturated carbocycles. The Labute approximate surface area is 117 Å². The first kappa shape index (κ1) is 14.9. The molecular weight excluding hydrogens is 264 g/mol. The highest BCUT2D eigenvalue weighted by atomic mass is 19.1. The van der Waals surface area contributed by atoms with Gasteiger partial charge in [0.15, 0.2) is 0 Å². The number of para-hydroxylation sites is 1. The van der Waals surface area contributed by atoms with Crippen LogP contribution in [0.5, 0.6) is 0 Å². The number of likely N-dealkylation sites (N-methyl/N-ethyl adjacent to an activating group) is 1. The molecule has 4 nitrogen and oxygen atoms in total. The molecule has 0 bridgehead atoms. The number of hydrogen-bond acceptors (Lipinski definition) is 3. The number of benzene rings is 1. The van der Waals surface area contributed by atoms with E-state index in [9.17, 15) is 13.6 Å². The third-order valence-electron chi connectivity index (χ3n) is 3.55. The lowest BCUT2D eigenvalue weighted by atomic mass is 10.1. The third-order valence-corrected chi connectivity index (χ3v) is 3.55. The fourth-order valence-electron chi connectivity index (χ4n) is 2.40. The van der Waals surface area contributed by atoms with Crippen molar-refractivity contribution in [2.45, 2.75) is 18.9 Å². The van der Waals surface area contributed by atoms with Crippen molar-refractivity contribution in [3.05, 3.63) is 29.8 Å². The number of nitrogens with zero attached hydrogens (tertiary/aromatic N) is 1. The van der Waals surface area contributed by atoms with Crippen LogP contribution in [0, 0.1) is 11.6 Å². The molecule has 0 aromatic heterocycles. The molecule has 0 radical (unpaired) electrons. The molecular formula is C14H19F2N3O. The molecule has 2 rings (SSSR count). The summed E-state index contributed by atoms with van der Waals surface area (Å²) in [6.07, 6.45) is 1.94. The Bertz CT molecular complexity index is 455. The summed E-state index contributed by atoms with van der Waals surface area (Å²) in [5.74, 6) is -1.93. The van der Waals surface area contributed by atoms with Crippen molar-refractivity contribution in [2.75, 3.05) is 32.0 Å². The first-order chi connectivity index (χ1) is 9.58. The van der Waals surface area contributed by atoms with Crippen LogP contribution in [0.15, 0.2) is 18.2 Å². The lowest BCUT2D eigenvalue weighted by Crippen LogP contribution is -2.44. The molecule has 1 fully saturated rings. The second kappa shape index (κ2) is 6.76. The molecule has 0 atom stereocenters. The van der Waals surface area contributed by atoms with Gasteiger partial charge < -0.3 is 10.6 Å². The second-order valence-electron chi connectivity index (χ2n) is 5.04. The van der Waals surface area contributed by atoms with E-state index in [-0.39, 0.29) is 12.2 Å². The van der Waals surface area contributed by atoms with Gasteiger partial charge in [0, 0.05) is 6.04 Å². The van der Waals surface area contributed by atoms with E-state index in [1.807, 2.05) is 11.9 Å². The second-order valence-corrected chi connectivity index (χ2v) is 5.04. The Kier molecular flexibility index (Phi) is 5.03. The Morgan fingerprint density at radius 2 is 1.95 bits per heavy atom. The van der Waals surface area contributed by atoms with Gasteiger partial charge in [0.2, 0.25) is 5.91 Å². The SMILES string of the molecule is CN(CC(=O)Nc1c(F)cccc1F)C1CCNCC1. The summed E-state index contributed by atoms with van der Waals surface area (Å²) in [4.78, 5) is 13.8. The minimum absolute atomic E-state index is 0.123. The zero-order chi connectivity index (χ0) is 14.5. The topological polar surface area (TPSA) is 44.4 Å². The average molecular weight is 283 g/mol. The van der Waals surface area contributed by atoms with E-state index < -0.39 is 17.5 Å². The van der Waals surface area contributed by atoms with E-state index >= 15 is 0 Å². The summed E-state index contributed by atoms with van der Waals surface area (Å²) in [5.41, 5.74) is -0.379. The zero-order valence-corrected chi connectivity index (χ0v) is 11.5. The summed E-state index contributed by atoms with van der Waals surface area (Å²) >= 11 is 0. The number of rotatable bonds is 4. The van der Waals surface area contributed by atoms with E-state index in [0.717, 1.165) is 38.1 Å². The predicted molar refractivity (Wildman–Crippen MR) is 73.5 cm³/mol. The number of carbonyl (C=O) groups excluding carboxylic acids is 1. The normalized spacial score (nSPS) is 16.4. The van der Waals surface area contributed by atoms with Gasteiger partial charge in [0.25, 0.3) is 0 Å². The summed E-state index contributed by atoms with van der Waals surface area (Å²) in [7, 11) is 1.85. The number of amides is 1. The average Bonchev–Trinajstić information content (AvgIpc) is 2.44. The van der Waals surface area contributed by atoms with Gasteiger partial charge in [0.05, 0.1) is 6.54 Å². The maximum Gasteiger partial charge on any atom is 0.238 e. The first-order valence-electron chi connectivity index (χ1n) is 6.72. The highest BCUT2D eigenvalue weighted by Crippen LogP contribution is 2.18. The number of anilines is 1. The Morgan fingerprint density at radius 1 is 1.35 bits per heavy atom. The van der Waals surface area contributed by atoms with Gasteiger partial charge in [-0.15, -0.1) is 0 Å². The van der Waals surface area contributed by atoms with Crippen LogP contribution < -0.4 is 10.6 Å². The molecule has 1 saturated heterocycles. The molecule has 110 valence electrons. The fraction of sp³-hybridized carbons (Fsp3) is 0.500. The van der Waals surface area contributed by atoms with Crippen LogP contribution in [0.3, 0.4) is 0 Å². The van der Waals surface area contributed by atoms with Gasteiger partial charge >= 0.3 is 0 Å². The van der Waals surface area contributed by atoms with Gasteiger partial charge in [-0.25, -0.2) is 8.78 Å². The zero-order valence-electron chi connectivity index (χ0n) is 11.5. The van der Waals surface area contributed by atoms with Crippen LogP contribution in [0.2, 0.25) is 0 Å². The Balaban J connectivity index is 1.91. The predicted octanol–water partition coefficient (Wildman–Crippen LogP) is 1.59. The Hall–Kier alpha value is -1.53. The lowest BCUT2D eigenvalue weighted by molar-refractivity contribution is -0.117. The van der Waals surface area contributed by atoms with Gasteiger partial charge in [-0.2, -0.15) is 0 Å². The molecule has 1 aliphatic heterocycles. The molecule has 0 unspecified atom stereocenters. The van der Waals surface area contributed by atoms with Crippen LogP contribution in [0.1, 0.15) is 12.8 Å². The molecule has 20 heavy (non-hydrogen) atoms. The summed E-state index contributed by atoms with van der Waals surface area (Å²) in [6.45, 7) is 1.98. The highest BCUT2D eigenvalue weighted by Gasteiger charge is 2.20. The molecule has 6 heteroatoms. The van der Waals surface area contributed by atoms with E-state index in [1.54, 1.807) is 0 Å². The molecule has 0 spiro atoms. The molecule has 1 aromatic rings. The number of halogens is 2. The molecule has 0 aliphatic carbocycles. The highest BCUT2D eigenvalue weighted by molar-refractivity contribution is 5.92. The van der Waals surface area contributed by atoms with Crippen molar-refractivity contribution >= 4 is 11.6 Å². The van der Waals surface area contributed by atoms with Crippen molar-refractivity contribution in [2.24, 2.45) is 0 Å². The van der Waals surface area contributed by atoms with Crippen molar-refractivity contribution in [1.29, 1.82) is 0 Å². The summed E-state index contributed by atoms with van der Waals surface area (Å²) in [6, 6.07) is 3.83. The summed E-state index contributed by atoms with van der Waals surface area (Å²) in [5, 5.41) is 5.55. The minimum Gasteiger partial charge on any atom is -0.320 e. The summed E-state index contributed by atoms with van der Waals surface area (Å²) < 4.78 is 26.9. The quantitative estimate of drug-likeness (QED) is 0.882. The van der Waals surface area contributed by atoms with E-state index in [2.05, 4.69) is 10.6 Å². The standard InChI is InChI=1S/C14H19F2N3O/c1-19(10-5-7-17-8-6-10)9-13(20)18-14-11(15)3-2-4-12(14)16/h2-4,10,17H,5-9H2,1H3,(H,18,20). The molecule has 1 amide bonds. The molecule has 1 heterocycles.